The van der Waals surface area contributed by atoms with Gasteiger partial charge >= 0.3 is 0 Å². The number of hydrogen-bond acceptors (Lipinski definition) is 5. The lowest BCUT2D eigenvalue weighted by atomic mass is 10.3. The first-order valence-corrected chi connectivity index (χ1v) is 10.4. The molecule has 0 spiro atoms. The summed E-state index contributed by atoms with van der Waals surface area (Å²) in [6, 6.07) is 4.98. The molecular formula is C13H20N4O4S2. The van der Waals surface area contributed by atoms with Gasteiger partial charge in [-0.3, -0.25) is 4.72 Å². The zero-order valence-electron chi connectivity index (χ0n) is 12.9. The van der Waals surface area contributed by atoms with Gasteiger partial charge in [-0.2, -0.15) is 5.10 Å². The van der Waals surface area contributed by atoms with Gasteiger partial charge < -0.3 is 0 Å². The minimum atomic E-state index is -3.64. The summed E-state index contributed by atoms with van der Waals surface area (Å²) in [5.74, 6) is -0.391. The third-order valence-electron chi connectivity index (χ3n) is 2.92. The Morgan fingerprint density at radius 3 is 2.61 bits per heavy atom. The molecule has 2 heterocycles. The van der Waals surface area contributed by atoms with E-state index >= 15 is 0 Å². The zero-order chi connectivity index (χ0) is 17.1. The van der Waals surface area contributed by atoms with Crippen molar-refractivity contribution in [1.82, 2.24) is 14.3 Å². The van der Waals surface area contributed by atoms with Crippen LogP contribution in [0.25, 0.3) is 5.52 Å². The number of anilines is 1. The molecule has 10 heteroatoms. The number of aromatic nitrogens is 2. The first kappa shape index (κ1) is 17.7. The SMILES string of the molecule is CC(C)CS(=O)(=O)NCCS(=O)(=O)Nc1ccn2nccc2c1. The van der Waals surface area contributed by atoms with Crippen molar-refractivity contribution in [2.24, 2.45) is 5.92 Å². The van der Waals surface area contributed by atoms with Crippen LogP contribution < -0.4 is 9.44 Å². The van der Waals surface area contributed by atoms with Crippen LogP contribution in [0, 0.1) is 5.92 Å². The van der Waals surface area contributed by atoms with Crippen molar-refractivity contribution in [3.05, 3.63) is 30.6 Å². The average molecular weight is 360 g/mol. The molecule has 0 aromatic carbocycles. The van der Waals surface area contributed by atoms with Gasteiger partial charge in [0.25, 0.3) is 0 Å². The molecule has 0 saturated heterocycles. The summed E-state index contributed by atoms with van der Waals surface area (Å²) < 4.78 is 53.7. The summed E-state index contributed by atoms with van der Waals surface area (Å²) in [5, 5.41) is 4.02. The third-order valence-corrected chi connectivity index (χ3v) is 5.96. The molecule has 0 unspecified atom stereocenters. The first-order chi connectivity index (χ1) is 10.7. The number of nitrogens with one attached hydrogen (secondary N) is 2. The van der Waals surface area contributed by atoms with Crippen molar-refractivity contribution in [2.75, 3.05) is 22.8 Å². The van der Waals surface area contributed by atoms with Gasteiger partial charge in [0.2, 0.25) is 20.0 Å². The molecule has 0 atom stereocenters. The quantitative estimate of drug-likeness (QED) is 0.718. The molecule has 23 heavy (non-hydrogen) atoms. The number of pyridine rings is 1. The lowest BCUT2D eigenvalue weighted by molar-refractivity contribution is 0.569. The molecule has 2 aromatic heterocycles. The van der Waals surface area contributed by atoms with E-state index in [1.165, 1.54) is 0 Å². The maximum Gasteiger partial charge on any atom is 0.234 e. The summed E-state index contributed by atoms with van der Waals surface area (Å²) in [5.41, 5.74) is 1.16. The highest BCUT2D eigenvalue weighted by Gasteiger charge is 2.16. The highest BCUT2D eigenvalue weighted by molar-refractivity contribution is 7.92. The van der Waals surface area contributed by atoms with Crippen molar-refractivity contribution in [3.8, 4) is 0 Å². The Hall–Kier alpha value is -1.65. The second-order valence-corrected chi connectivity index (χ2v) is 9.30. The topological polar surface area (TPSA) is 110 Å². The molecule has 0 aliphatic rings. The highest BCUT2D eigenvalue weighted by Crippen LogP contribution is 2.13. The molecule has 2 rings (SSSR count). The molecule has 128 valence electrons. The first-order valence-electron chi connectivity index (χ1n) is 7.08. The minimum Gasteiger partial charge on any atom is -0.283 e. The Morgan fingerprint density at radius 1 is 1.17 bits per heavy atom. The molecule has 2 N–H and O–H groups in total. The molecule has 0 bridgehead atoms. The van der Waals surface area contributed by atoms with Gasteiger partial charge in [-0.15, -0.1) is 0 Å². The van der Waals surface area contributed by atoms with E-state index in [0.717, 1.165) is 5.52 Å². The van der Waals surface area contributed by atoms with E-state index < -0.39 is 20.0 Å². The summed E-state index contributed by atoms with van der Waals surface area (Å²) in [7, 11) is -7.10. The summed E-state index contributed by atoms with van der Waals surface area (Å²) >= 11 is 0. The Kier molecular flexibility index (Phi) is 5.27. The van der Waals surface area contributed by atoms with Crippen molar-refractivity contribution in [1.29, 1.82) is 0 Å². The predicted molar refractivity (Wildman–Crippen MR) is 89.2 cm³/mol. The molecule has 0 radical (unpaired) electrons. The summed E-state index contributed by atoms with van der Waals surface area (Å²) in [4.78, 5) is 0. The predicted octanol–water partition coefficient (Wildman–Crippen LogP) is 0.651. The van der Waals surface area contributed by atoms with Gasteiger partial charge in [-0.1, -0.05) is 13.8 Å². The minimum absolute atomic E-state index is 0.0235. The molecule has 0 aliphatic carbocycles. The van der Waals surface area contributed by atoms with Crippen LogP contribution in [0.1, 0.15) is 13.8 Å². The van der Waals surface area contributed by atoms with E-state index in [-0.39, 0.29) is 24.0 Å². The Bertz CT molecular complexity index is 872. The van der Waals surface area contributed by atoms with Gasteiger partial charge in [-0.25, -0.2) is 26.1 Å². The van der Waals surface area contributed by atoms with Crippen molar-refractivity contribution in [3.63, 3.8) is 0 Å². The van der Waals surface area contributed by atoms with Crippen LogP contribution in [0.4, 0.5) is 5.69 Å². The van der Waals surface area contributed by atoms with E-state index in [1.807, 2.05) is 0 Å². The van der Waals surface area contributed by atoms with Crippen molar-refractivity contribution in [2.45, 2.75) is 13.8 Å². The van der Waals surface area contributed by atoms with Gasteiger partial charge in [0.15, 0.2) is 0 Å². The van der Waals surface area contributed by atoms with Crippen LogP contribution in [0.15, 0.2) is 30.6 Å². The monoisotopic (exact) mass is 360 g/mol. The summed E-state index contributed by atoms with van der Waals surface area (Å²) in [6.45, 7) is 3.40. The van der Waals surface area contributed by atoms with Crippen molar-refractivity contribution >= 4 is 31.3 Å². The largest absolute Gasteiger partial charge is 0.283 e. The van der Waals surface area contributed by atoms with Crippen molar-refractivity contribution < 1.29 is 16.8 Å². The number of nitrogens with zero attached hydrogens (tertiary/aromatic N) is 2. The fourth-order valence-electron chi connectivity index (χ4n) is 2.05. The average Bonchev–Trinajstić information content (AvgIpc) is 2.83. The number of fused-ring (bicyclic) bond motifs is 1. The van der Waals surface area contributed by atoms with E-state index in [1.54, 1.807) is 49.0 Å². The molecular weight excluding hydrogens is 340 g/mol. The number of sulfonamides is 2. The zero-order valence-corrected chi connectivity index (χ0v) is 14.6. The van der Waals surface area contributed by atoms with Gasteiger partial charge in [0.05, 0.1) is 22.7 Å². The fourth-order valence-corrected chi connectivity index (χ4v) is 4.54. The molecule has 0 aliphatic heterocycles. The molecule has 0 amide bonds. The fraction of sp³-hybridized carbons (Fsp3) is 0.462. The maximum absolute atomic E-state index is 12.0. The van der Waals surface area contributed by atoms with Crippen LogP contribution in [0.5, 0.6) is 0 Å². The normalized spacial score (nSPS) is 12.8. The second kappa shape index (κ2) is 6.85. The van der Waals surface area contributed by atoms with Gasteiger partial charge in [0, 0.05) is 18.9 Å². The van der Waals surface area contributed by atoms with Crippen LogP contribution >= 0.6 is 0 Å². The highest BCUT2D eigenvalue weighted by atomic mass is 32.2. The lowest BCUT2D eigenvalue weighted by Gasteiger charge is -2.10. The van der Waals surface area contributed by atoms with Gasteiger partial charge in [0.1, 0.15) is 0 Å². The number of rotatable bonds is 8. The molecule has 8 nitrogen and oxygen atoms in total. The molecule has 0 fully saturated rings. The summed E-state index contributed by atoms with van der Waals surface area (Å²) in [6.07, 6.45) is 3.25. The maximum atomic E-state index is 12.0. The van der Waals surface area contributed by atoms with E-state index in [9.17, 15) is 16.8 Å². The van der Waals surface area contributed by atoms with E-state index in [0.29, 0.717) is 5.69 Å². The van der Waals surface area contributed by atoms with Gasteiger partial charge in [-0.05, 0) is 24.1 Å². The smallest absolute Gasteiger partial charge is 0.234 e. The molecule has 2 aromatic rings. The number of hydrogen-bond donors (Lipinski definition) is 2. The van der Waals surface area contributed by atoms with Crippen LogP contribution in [0.2, 0.25) is 0 Å². The Morgan fingerprint density at radius 2 is 1.91 bits per heavy atom. The lowest BCUT2D eigenvalue weighted by Crippen LogP contribution is -2.33. The van der Waals surface area contributed by atoms with E-state index in [2.05, 4.69) is 14.5 Å². The molecule has 0 saturated carbocycles. The Labute approximate surface area is 136 Å². The second-order valence-electron chi connectivity index (χ2n) is 5.61. The van der Waals surface area contributed by atoms with Crippen LogP contribution in [0.3, 0.4) is 0 Å². The van der Waals surface area contributed by atoms with Crippen LogP contribution in [-0.4, -0.2) is 44.5 Å². The third kappa shape index (κ3) is 5.48. The Balaban J connectivity index is 1.94. The standard InChI is InChI=1S/C13H20N4O4S2/c1-11(2)10-23(20,21)15-6-8-22(18,19)16-12-4-7-17-13(9-12)3-5-14-17/h3-5,7,9,11,15-16H,6,8,10H2,1-2H3. The van der Waals surface area contributed by atoms with E-state index in [4.69, 9.17) is 0 Å². The van der Waals surface area contributed by atoms with Crippen LogP contribution in [-0.2, 0) is 20.0 Å².